The predicted molar refractivity (Wildman–Crippen MR) is 69.8 cm³/mol. The Morgan fingerprint density at radius 3 is 2.39 bits per heavy atom. The smallest absolute Gasteiger partial charge is 0.272 e. The Kier molecular flexibility index (Phi) is 3.28. The third-order valence-electron chi connectivity index (χ3n) is 2.68. The van der Waals surface area contributed by atoms with E-state index in [1.807, 2.05) is 30.3 Å². The second-order valence-corrected chi connectivity index (χ2v) is 4.10. The minimum absolute atomic E-state index is 0.0515. The van der Waals surface area contributed by atoms with E-state index >= 15 is 0 Å². The SMILES string of the molecule is CC(=O)c1cc(C(=O)Nc2ccccc2)n(C)c1. The second-order valence-electron chi connectivity index (χ2n) is 4.10. The highest BCUT2D eigenvalue weighted by atomic mass is 16.2. The third-order valence-corrected chi connectivity index (χ3v) is 2.68. The van der Waals surface area contributed by atoms with Gasteiger partial charge in [0.15, 0.2) is 5.78 Å². The van der Waals surface area contributed by atoms with E-state index in [4.69, 9.17) is 0 Å². The topological polar surface area (TPSA) is 51.1 Å². The lowest BCUT2D eigenvalue weighted by molar-refractivity contribution is 0.101. The summed E-state index contributed by atoms with van der Waals surface area (Å²) in [6.45, 7) is 1.48. The van der Waals surface area contributed by atoms with Crippen molar-refractivity contribution in [3.05, 3.63) is 53.9 Å². The molecule has 1 amide bonds. The van der Waals surface area contributed by atoms with E-state index in [9.17, 15) is 9.59 Å². The molecule has 0 fully saturated rings. The highest BCUT2D eigenvalue weighted by Crippen LogP contribution is 2.12. The quantitative estimate of drug-likeness (QED) is 0.841. The highest BCUT2D eigenvalue weighted by Gasteiger charge is 2.13. The van der Waals surface area contributed by atoms with E-state index in [1.54, 1.807) is 23.9 Å². The van der Waals surface area contributed by atoms with Crippen molar-refractivity contribution in [1.82, 2.24) is 4.57 Å². The molecule has 0 saturated carbocycles. The van der Waals surface area contributed by atoms with Crippen molar-refractivity contribution >= 4 is 17.4 Å². The van der Waals surface area contributed by atoms with Crippen molar-refractivity contribution in [2.45, 2.75) is 6.92 Å². The molecule has 1 N–H and O–H groups in total. The number of hydrogen-bond acceptors (Lipinski definition) is 2. The standard InChI is InChI=1S/C14H14N2O2/c1-10(17)11-8-13(16(2)9-11)14(18)15-12-6-4-3-5-7-12/h3-9H,1-2H3,(H,15,18). The van der Waals surface area contributed by atoms with Gasteiger partial charge in [0.2, 0.25) is 0 Å². The van der Waals surface area contributed by atoms with Crippen molar-refractivity contribution in [3.63, 3.8) is 0 Å². The molecule has 1 aromatic carbocycles. The van der Waals surface area contributed by atoms with E-state index in [1.165, 1.54) is 6.92 Å². The van der Waals surface area contributed by atoms with Gasteiger partial charge in [-0.05, 0) is 25.1 Å². The summed E-state index contributed by atoms with van der Waals surface area (Å²) < 4.78 is 1.65. The van der Waals surface area contributed by atoms with Crippen LogP contribution in [-0.2, 0) is 7.05 Å². The molecule has 92 valence electrons. The maximum absolute atomic E-state index is 12.0. The van der Waals surface area contributed by atoms with Gasteiger partial charge < -0.3 is 9.88 Å². The number of benzene rings is 1. The van der Waals surface area contributed by atoms with Crippen LogP contribution in [0.4, 0.5) is 5.69 Å². The third kappa shape index (κ3) is 2.48. The molecular formula is C14H14N2O2. The highest BCUT2D eigenvalue weighted by molar-refractivity contribution is 6.05. The van der Waals surface area contributed by atoms with Gasteiger partial charge >= 0.3 is 0 Å². The zero-order chi connectivity index (χ0) is 13.1. The monoisotopic (exact) mass is 242 g/mol. The van der Waals surface area contributed by atoms with Gasteiger partial charge in [-0.15, -0.1) is 0 Å². The van der Waals surface area contributed by atoms with Crippen molar-refractivity contribution < 1.29 is 9.59 Å². The normalized spacial score (nSPS) is 10.1. The van der Waals surface area contributed by atoms with Gasteiger partial charge in [0, 0.05) is 24.5 Å². The zero-order valence-corrected chi connectivity index (χ0v) is 10.3. The van der Waals surface area contributed by atoms with Crippen LogP contribution in [0.2, 0.25) is 0 Å². The summed E-state index contributed by atoms with van der Waals surface area (Å²) in [6.07, 6.45) is 1.65. The average molecular weight is 242 g/mol. The number of ketones is 1. The maximum atomic E-state index is 12.0. The fourth-order valence-corrected chi connectivity index (χ4v) is 1.70. The lowest BCUT2D eigenvalue weighted by Crippen LogP contribution is -2.15. The van der Waals surface area contributed by atoms with Crippen LogP contribution >= 0.6 is 0 Å². The number of aromatic nitrogens is 1. The molecule has 0 bridgehead atoms. The van der Waals surface area contributed by atoms with Crippen LogP contribution in [0.15, 0.2) is 42.6 Å². The summed E-state index contributed by atoms with van der Waals surface area (Å²) in [6, 6.07) is 10.8. The molecule has 0 aliphatic rings. The molecule has 1 aromatic heterocycles. The van der Waals surface area contributed by atoms with Crippen LogP contribution in [-0.4, -0.2) is 16.3 Å². The minimum Gasteiger partial charge on any atom is -0.346 e. The van der Waals surface area contributed by atoms with Crippen LogP contribution in [0.3, 0.4) is 0 Å². The average Bonchev–Trinajstić information content (AvgIpc) is 2.73. The molecule has 0 radical (unpaired) electrons. The van der Waals surface area contributed by atoms with Gasteiger partial charge in [0.25, 0.3) is 5.91 Å². The second kappa shape index (κ2) is 4.87. The fraction of sp³-hybridized carbons (Fsp3) is 0.143. The first kappa shape index (κ1) is 12.1. The van der Waals surface area contributed by atoms with Gasteiger partial charge in [-0.2, -0.15) is 0 Å². The van der Waals surface area contributed by atoms with Crippen molar-refractivity contribution in [2.75, 3.05) is 5.32 Å². The van der Waals surface area contributed by atoms with E-state index in [-0.39, 0.29) is 11.7 Å². The number of nitrogens with zero attached hydrogens (tertiary/aromatic N) is 1. The van der Waals surface area contributed by atoms with Crippen LogP contribution in [0, 0.1) is 0 Å². The molecule has 4 nitrogen and oxygen atoms in total. The molecule has 2 rings (SSSR count). The summed E-state index contributed by atoms with van der Waals surface area (Å²) in [5.74, 6) is -0.277. The van der Waals surface area contributed by atoms with Gasteiger partial charge in [-0.1, -0.05) is 18.2 Å². The fourth-order valence-electron chi connectivity index (χ4n) is 1.70. The first-order valence-corrected chi connectivity index (χ1v) is 5.61. The van der Waals surface area contributed by atoms with Crippen LogP contribution in [0.1, 0.15) is 27.8 Å². The van der Waals surface area contributed by atoms with Crippen molar-refractivity contribution in [3.8, 4) is 0 Å². The summed E-state index contributed by atoms with van der Waals surface area (Å²) >= 11 is 0. The van der Waals surface area contributed by atoms with Crippen LogP contribution in [0.25, 0.3) is 0 Å². The molecule has 2 aromatic rings. The Morgan fingerprint density at radius 2 is 1.83 bits per heavy atom. The first-order valence-electron chi connectivity index (χ1n) is 5.61. The van der Waals surface area contributed by atoms with Crippen LogP contribution in [0.5, 0.6) is 0 Å². The number of aryl methyl sites for hydroxylation is 1. The number of Topliss-reactive ketones (excluding diaryl/α,β-unsaturated/α-hetero) is 1. The number of carbonyl (C=O) groups excluding carboxylic acids is 2. The van der Waals surface area contributed by atoms with Crippen molar-refractivity contribution in [2.24, 2.45) is 7.05 Å². The summed E-state index contributed by atoms with van der Waals surface area (Å²) in [5.41, 5.74) is 1.73. The molecular weight excluding hydrogens is 228 g/mol. The molecule has 0 unspecified atom stereocenters. The number of nitrogens with one attached hydrogen (secondary N) is 1. The molecule has 0 atom stereocenters. The van der Waals surface area contributed by atoms with E-state index in [0.717, 1.165) is 5.69 Å². The predicted octanol–water partition coefficient (Wildman–Crippen LogP) is 2.48. The molecule has 0 spiro atoms. The molecule has 4 heteroatoms. The summed E-state index contributed by atoms with van der Waals surface area (Å²) in [7, 11) is 1.74. The Morgan fingerprint density at radius 1 is 1.17 bits per heavy atom. The number of carbonyl (C=O) groups is 2. The largest absolute Gasteiger partial charge is 0.346 e. The van der Waals surface area contributed by atoms with E-state index in [0.29, 0.717) is 11.3 Å². The number of rotatable bonds is 3. The van der Waals surface area contributed by atoms with Gasteiger partial charge in [-0.25, -0.2) is 0 Å². The summed E-state index contributed by atoms with van der Waals surface area (Å²) in [4.78, 5) is 23.3. The van der Waals surface area contributed by atoms with Gasteiger partial charge in [0.1, 0.15) is 5.69 Å². The van der Waals surface area contributed by atoms with Gasteiger partial charge in [0.05, 0.1) is 0 Å². The number of anilines is 1. The minimum atomic E-state index is -0.226. The first-order chi connectivity index (χ1) is 8.58. The lowest BCUT2D eigenvalue weighted by atomic mass is 10.2. The zero-order valence-electron chi connectivity index (χ0n) is 10.3. The molecule has 0 saturated heterocycles. The molecule has 0 aliphatic carbocycles. The van der Waals surface area contributed by atoms with E-state index in [2.05, 4.69) is 5.32 Å². The summed E-state index contributed by atoms with van der Waals surface area (Å²) in [5, 5.41) is 2.78. The number of amides is 1. The van der Waals surface area contributed by atoms with Crippen LogP contribution < -0.4 is 5.32 Å². The number of hydrogen-bond donors (Lipinski definition) is 1. The molecule has 18 heavy (non-hydrogen) atoms. The molecule has 1 heterocycles. The Hall–Kier alpha value is -2.36. The maximum Gasteiger partial charge on any atom is 0.272 e. The lowest BCUT2D eigenvalue weighted by Gasteiger charge is -2.05. The number of para-hydroxylation sites is 1. The van der Waals surface area contributed by atoms with Gasteiger partial charge in [-0.3, -0.25) is 9.59 Å². The van der Waals surface area contributed by atoms with E-state index < -0.39 is 0 Å². The Bertz CT molecular complexity index is 585. The Balaban J connectivity index is 2.22. The van der Waals surface area contributed by atoms with Crippen molar-refractivity contribution in [1.29, 1.82) is 0 Å². The Labute approximate surface area is 105 Å². The molecule has 0 aliphatic heterocycles.